The second-order valence-electron chi connectivity index (χ2n) is 6.53. The number of aromatic nitrogens is 4. The molecule has 0 aliphatic heterocycles. The lowest BCUT2D eigenvalue weighted by Crippen LogP contribution is -2.28. The second kappa shape index (κ2) is 4.30. The van der Waals surface area contributed by atoms with Crippen molar-refractivity contribution >= 4 is 5.78 Å². The van der Waals surface area contributed by atoms with Gasteiger partial charge in [-0.15, -0.1) is 10.2 Å². The summed E-state index contributed by atoms with van der Waals surface area (Å²) in [5.74, 6) is 1.17. The van der Waals surface area contributed by atoms with Gasteiger partial charge in [0.25, 0.3) is 0 Å². The molecule has 0 bridgehead atoms. The molecule has 0 atom stereocenters. The number of ketones is 1. The zero-order chi connectivity index (χ0) is 14.5. The van der Waals surface area contributed by atoms with Gasteiger partial charge in [0.15, 0.2) is 11.6 Å². The molecule has 2 aromatic rings. The fourth-order valence-corrected chi connectivity index (χ4v) is 3.02. The zero-order valence-electron chi connectivity index (χ0n) is 12.5. The molecule has 20 heavy (non-hydrogen) atoms. The van der Waals surface area contributed by atoms with E-state index in [4.69, 9.17) is 0 Å². The van der Waals surface area contributed by atoms with Crippen LogP contribution in [0.2, 0.25) is 0 Å². The van der Waals surface area contributed by atoms with E-state index >= 15 is 0 Å². The molecule has 0 N–H and O–H groups in total. The van der Waals surface area contributed by atoms with E-state index in [1.54, 1.807) is 6.33 Å². The number of aryl methyl sites for hydroxylation is 2. The molecule has 3 rings (SSSR count). The Hall–Kier alpha value is -1.91. The SMILES string of the molecule is Cc1cc2c(n1Cc1nncn1C)CC(C)(C)CC2=O. The molecule has 1 aliphatic carbocycles. The van der Waals surface area contributed by atoms with Crippen LogP contribution in [0.15, 0.2) is 12.4 Å². The van der Waals surface area contributed by atoms with E-state index in [-0.39, 0.29) is 11.2 Å². The van der Waals surface area contributed by atoms with Crippen LogP contribution in [0.3, 0.4) is 0 Å². The second-order valence-corrected chi connectivity index (χ2v) is 6.53. The molecule has 2 heterocycles. The summed E-state index contributed by atoms with van der Waals surface area (Å²) in [6.45, 7) is 7.03. The van der Waals surface area contributed by atoms with Gasteiger partial charge in [-0.1, -0.05) is 13.8 Å². The minimum absolute atomic E-state index is 0.0342. The number of fused-ring (bicyclic) bond motifs is 1. The van der Waals surface area contributed by atoms with Crippen LogP contribution in [0, 0.1) is 12.3 Å². The third kappa shape index (κ3) is 2.07. The first kappa shape index (κ1) is 13.1. The molecule has 0 saturated carbocycles. The number of carbonyl (C=O) groups excluding carboxylic acids is 1. The number of hydrogen-bond donors (Lipinski definition) is 0. The third-order valence-electron chi connectivity index (χ3n) is 4.11. The lowest BCUT2D eigenvalue weighted by atomic mass is 9.76. The van der Waals surface area contributed by atoms with Gasteiger partial charge in [-0.05, 0) is 24.8 Å². The van der Waals surface area contributed by atoms with Gasteiger partial charge in [0.1, 0.15) is 6.33 Å². The topological polar surface area (TPSA) is 52.7 Å². The molecule has 0 amide bonds. The van der Waals surface area contributed by atoms with Gasteiger partial charge in [-0.25, -0.2) is 0 Å². The molecule has 2 aromatic heterocycles. The van der Waals surface area contributed by atoms with Crippen molar-refractivity contribution in [1.29, 1.82) is 0 Å². The van der Waals surface area contributed by atoms with Crippen molar-refractivity contribution in [2.24, 2.45) is 12.5 Å². The van der Waals surface area contributed by atoms with E-state index in [0.717, 1.165) is 29.2 Å². The summed E-state index contributed by atoms with van der Waals surface area (Å²) in [4.78, 5) is 12.3. The van der Waals surface area contributed by atoms with E-state index in [9.17, 15) is 4.79 Å². The third-order valence-corrected chi connectivity index (χ3v) is 4.11. The zero-order valence-corrected chi connectivity index (χ0v) is 12.5. The first-order valence-electron chi connectivity index (χ1n) is 6.92. The molecule has 106 valence electrons. The van der Waals surface area contributed by atoms with Crippen LogP contribution in [0.4, 0.5) is 0 Å². The van der Waals surface area contributed by atoms with Crippen LogP contribution in [0.25, 0.3) is 0 Å². The van der Waals surface area contributed by atoms with Crippen LogP contribution in [-0.4, -0.2) is 25.1 Å². The summed E-state index contributed by atoms with van der Waals surface area (Å²) >= 11 is 0. The van der Waals surface area contributed by atoms with Crippen LogP contribution >= 0.6 is 0 Å². The van der Waals surface area contributed by atoms with Gasteiger partial charge < -0.3 is 9.13 Å². The summed E-state index contributed by atoms with van der Waals surface area (Å²) in [7, 11) is 1.94. The van der Waals surface area contributed by atoms with Gasteiger partial charge in [-0.2, -0.15) is 0 Å². The van der Waals surface area contributed by atoms with Crippen LogP contribution in [0.1, 0.15) is 47.8 Å². The normalized spacial score (nSPS) is 17.3. The highest BCUT2D eigenvalue weighted by Gasteiger charge is 2.33. The van der Waals surface area contributed by atoms with E-state index in [1.165, 1.54) is 0 Å². The lowest BCUT2D eigenvalue weighted by molar-refractivity contribution is 0.0910. The number of hydrogen-bond acceptors (Lipinski definition) is 3. The highest BCUT2D eigenvalue weighted by Crippen LogP contribution is 2.36. The maximum atomic E-state index is 12.3. The van der Waals surface area contributed by atoms with Crippen LogP contribution < -0.4 is 0 Å². The molecule has 1 aliphatic rings. The number of rotatable bonds is 2. The minimum Gasteiger partial charge on any atom is -0.341 e. The van der Waals surface area contributed by atoms with Gasteiger partial charge in [0.2, 0.25) is 0 Å². The number of nitrogens with zero attached hydrogens (tertiary/aromatic N) is 4. The van der Waals surface area contributed by atoms with Crippen molar-refractivity contribution in [3.63, 3.8) is 0 Å². The van der Waals surface area contributed by atoms with Gasteiger partial charge in [-0.3, -0.25) is 4.79 Å². The average molecular weight is 272 g/mol. The standard InChI is InChI=1S/C15H20N4O/c1-10-5-11-12(6-15(2,3)7-13(11)20)19(10)8-14-17-16-9-18(14)4/h5,9H,6-8H2,1-4H3. The molecule has 0 spiro atoms. The first-order valence-corrected chi connectivity index (χ1v) is 6.92. The molecular formula is C15H20N4O. The summed E-state index contributed by atoms with van der Waals surface area (Å²) in [5, 5.41) is 8.06. The molecule has 0 fully saturated rings. The van der Waals surface area contributed by atoms with E-state index in [1.807, 2.05) is 17.7 Å². The lowest BCUT2D eigenvalue weighted by Gasteiger charge is -2.29. The number of Topliss-reactive ketones (excluding diaryl/α,β-unsaturated/α-hetero) is 1. The van der Waals surface area contributed by atoms with E-state index in [2.05, 4.69) is 35.5 Å². The molecule has 5 nitrogen and oxygen atoms in total. The molecule has 0 unspecified atom stereocenters. The highest BCUT2D eigenvalue weighted by atomic mass is 16.1. The van der Waals surface area contributed by atoms with E-state index in [0.29, 0.717) is 13.0 Å². The quantitative estimate of drug-likeness (QED) is 0.841. The Morgan fingerprint density at radius 2 is 2.10 bits per heavy atom. The summed E-state index contributed by atoms with van der Waals surface area (Å²) < 4.78 is 4.12. The smallest absolute Gasteiger partial charge is 0.165 e. The molecular weight excluding hydrogens is 252 g/mol. The minimum atomic E-state index is 0.0342. The van der Waals surface area contributed by atoms with Gasteiger partial charge in [0, 0.05) is 30.4 Å². The first-order chi connectivity index (χ1) is 9.37. The average Bonchev–Trinajstić information content (AvgIpc) is 2.86. The van der Waals surface area contributed by atoms with Gasteiger partial charge in [0.05, 0.1) is 6.54 Å². The Bertz CT molecular complexity index is 678. The molecule has 5 heteroatoms. The maximum Gasteiger partial charge on any atom is 0.165 e. The Morgan fingerprint density at radius 1 is 1.35 bits per heavy atom. The predicted molar refractivity (Wildman–Crippen MR) is 75.7 cm³/mol. The monoisotopic (exact) mass is 272 g/mol. The van der Waals surface area contributed by atoms with E-state index < -0.39 is 0 Å². The molecule has 0 aromatic carbocycles. The van der Waals surface area contributed by atoms with Crippen molar-refractivity contribution in [2.75, 3.05) is 0 Å². The largest absolute Gasteiger partial charge is 0.341 e. The Balaban J connectivity index is 2.05. The highest BCUT2D eigenvalue weighted by molar-refractivity contribution is 5.99. The Kier molecular flexibility index (Phi) is 2.81. The summed E-state index contributed by atoms with van der Waals surface area (Å²) in [6.07, 6.45) is 3.27. The maximum absolute atomic E-state index is 12.3. The Morgan fingerprint density at radius 3 is 2.75 bits per heavy atom. The van der Waals surface area contributed by atoms with Gasteiger partial charge >= 0.3 is 0 Å². The van der Waals surface area contributed by atoms with Crippen molar-refractivity contribution in [3.8, 4) is 0 Å². The summed E-state index contributed by atoms with van der Waals surface area (Å²) in [6, 6.07) is 2.02. The Labute approximate surface area is 118 Å². The van der Waals surface area contributed by atoms with Crippen LogP contribution in [0.5, 0.6) is 0 Å². The summed E-state index contributed by atoms with van der Waals surface area (Å²) in [5.41, 5.74) is 3.19. The number of carbonyl (C=O) groups is 1. The predicted octanol–water partition coefficient (Wildman–Crippen LogP) is 2.13. The van der Waals surface area contributed by atoms with Crippen LogP contribution in [-0.2, 0) is 20.0 Å². The molecule has 0 saturated heterocycles. The molecule has 0 radical (unpaired) electrons. The fourth-order valence-electron chi connectivity index (χ4n) is 3.02. The fraction of sp³-hybridized carbons (Fsp3) is 0.533. The van der Waals surface area contributed by atoms with Crippen molar-refractivity contribution in [2.45, 2.75) is 40.2 Å². The van der Waals surface area contributed by atoms with Crippen molar-refractivity contribution < 1.29 is 4.79 Å². The van der Waals surface area contributed by atoms with Crippen molar-refractivity contribution in [3.05, 3.63) is 35.2 Å². The van der Waals surface area contributed by atoms with Crippen molar-refractivity contribution in [1.82, 2.24) is 19.3 Å².